The summed E-state index contributed by atoms with van der Waals surface area (Å²) in [6, 6.07) is 5.76. The Morgan fingerprint density at radius 2 is 2.32 bits per heavy atom. The Bertz CT molecular complexity index is 580. The van der Waals surface area contributed by atoms with E-state index in [0.29, 0.717) is 24.9 Å². The van der Waals surface area contributed by atoms with Crippen LogP contribution in [-0.2, 0) is 0 Å². The molecule has 0 radical (unpaired) electrons. The average Bonchev–Trinajstić information content (AvgIpc) is 2.83. The molecule has 0 saturated carbocycles. The van der Waals surface area contributed by atoms with Crippen LogP contribution in [0.15, 0.2) is 28.9 Å². The SMILES string of the molecule is CCC(O)CCNC(=O)c1c[nH]c2cccc(Br)c12. The van der Waals surface area contributed by atoms with E-state index in [2.05, 4.69) is 26.2 Å². The highest BCUT2D eigenvalue weighted by Crippen LogP contribution is 2.26. The molecule has 0 bridgehead atoms. The second kappa shape index (κ2) is 6.21. The zero-order valence-corrected chi connectivity index (χ0v) is 12.3. The molecule has 1 heterocycles. The lowest BCUT2D eigenvalue weighted by molar-refractivity contribution is 0.0943. The zero-order valence-electron chi connectivity index (χ0n) is 10.7. The third kappa shape index (κ3) is 3.16. The summed E-state index contributed by atoms with van der Waals surface area (Å²) in [5, 5.41) is 13.2. The predicted octanol–water partition coefficient (Wildman–Crippen LogP) is 2.82. The molecule has 1 unspecified atom stereocenters. The number of aromatic amines is 1. The Labute approximate surface area is 120 Å². The highest BCUT2D eigenvalue weighted by Gasteiger charge is 2.14. The molecule has 102 valence electrons. The van der Waals surface area contributed by atoms with Crippen LogP contribution >= 0.6 is 15.9 Å². The topological polar surface area (TPSA) is 65.1 Å². The van der Waals surface area contributed by atoms with E-state index in [-0.39, 0.29) is 12.0 Å². The van der Waals surface area contributed by atoms with Crippen molar-refractivity contribution in [2.75, 3.05) is 6.54 Å². The van der Waals surface area contributed by atoms with Crippen molar-refractivity contribution in [2.24, 2.45) is 0 Å². The van der Waals surface area contributed by atoms with Crippen molar-refractivity contribution in [3.8, 4) is 0 Å². The van der Waals surface area contributed by atoms with Gasteiger partial charge in [-0.05, 0) is 25.0 Å². The van der Waals surface area contributed by atoms with Crippen LogP contribution in [0.4, 0.5) is 0 Å². The van der Waals surface area contributed by atoms with Gasteiger partial charge < -0.3 is 15.4 Å². The molecular weight excluding hydrogens is 308 g/mol. The maximum Gasteiger partial charge on any atom is 0.253 e. The number of aliphatic hydroxyl groups is 1. The summed E-state index contributed by atoms with van der Waals surface area (Å²) >= 11 is 3.46. The lowest BCUT2D eigenvalue weighted by atomic mass is 10.1. The summed E-state index contributed by atoms with van der Waals surface area (Å²) in [5.74, 6) is -0.124. The molecule has 5 heteroatoms. The van der Waals surface area contributed by atoms with Gasteiger partial charge in [-0.15, -0.1) is 0 Å². The van der Waals surface area contributed by atoms with E-state index in [9.17, 15) is 9.90 Å². The Morgan fingerprint density at radius 1 is 1.53 bits per heavy atom. The molecule has 1 amide bonds. The van der Waals surface area contributed by atoms with Gasteiger partial charge in [0.15, 0.2) is 0 Å². The molecular formula is C14H17BrN2O2. The van der Waals surface area contributed by atoms with Crippen molar-refractivity contribution >= 4 is 32.7 Å². The lowest BCUT2D eigenvalue weighted by Gasteiger charge is -2.08. The largest absolute Gasteiger partial charge is 0.393 e. The van der Waals surface area contributed by atoms with Crippen LogP contribution in [0.2, 0.25) is 0 Å². The number of hydrogen-bond donors (Lipinski definition) is 3. The molecule has 0 aliphatic carbocycles. The smallest absolute Gasteiger partial charge is 0.253 e. The van der Waals surface area contributed by atoms with Crippen LogP contribution in [0.5, 0.6) is 0 Å². The Morgan fingerprint density at radius 3 is 3.05 bits per heavy atom. The molecule has 2 aromatic rings. The average molecular weight is 325 g/mol. The Kier molecular flexibility index (Phi) is 4.61. The lowest BCUT2D eigenvalue weighted by Crippen LogP contribution is -2.26. The number of carbonyl (C=O) groups is 1. The summed E-state index contributed by atoms with van der Waals surface area (Å²) in [4.78, 5) is 15.2. The number of benzene rings is 1. The number of hydrogen-bond acceptors (Lipinski definition) is 2. The van der Waals surface area contributed by atoms with Crippen molar-refractivity contribution < 1.29 is 9.90 Å². The molecule has 0 spiro atoms. The number of H-pyrrole nitrogens is 1. The first-order valence-electron chi connectivity index (χ1n) is 6.35. The third-order valence-corrected chi connectivity index (χ3v) is 3.79. The number of halogens is 1. The number of aromatic nitrogens is 1. The fourth-order valence-corrected chi connectivity index (χ4v) is 2.55. The fraction of sp³-hybridized carbons (Fsp3) is 0.357. The van der Waals surface area contributed by atoms with Crippen LogP contribution in [0, 0.1) is 0 Å². The number of carbonyl (C=O) groups excluding carboxylic acids is 1. The first-order chi connectivity index (χ1) is 9.13. The minimum absolute atomic E-state index is 0.124. The van der Waals surface area contributed by atoms with Gasteiger partial charge in [0.1, 0.15) is 0 Å². The Balaban J connectivity index is 2.10. The highest BCUT2D eigenvalue weighted by atomic mass is 79.9. The van der Waals surface area contributed by atoms with Gasteiger partial charge in [0.2, 0.25) is 0 Å². The number of rotatable bonds is 5. The van der Waals surface area contributed by atoms with Gasteiger partial charge in [0.25, 0.3) is 5.91 Å². The maximum absolute atomic E-state index is 12.1. The molecule has 1 atom stereocenters. The second-order valence-electron chi connectivity index (χ2n) is 4.47. The molecule has 0 aliphatic rings. The van der Waals surface area contributed by atoms with Gasteiger partial charge in [-0.25, -0.2) is 0 Å². The summed E-state index contributed by atoms with van der Waals surface area (Å²) < 4.78 is 0.894. The van der Waals surface area contributed by atoms with Gasteiger partial charge in [0.05, 0.1) is 11.7 Å². The fourth-order valence-electron chi connectivity index (χ4n) is 1.97. The van der Waals surface area contributed by atoms with Crippen LogP contribution in [-0.4, -0.2) is 28.6 Å². The van der Waals surface area contributed by atoms with Crippen molar-refractivity contribution in [2.45, 2.75) is 25.9 Å². The van der Waals surface area contributed by atoms with E-state index in [1.807, 2.05) is 25.1 Å². The molecule has 1 aromatic heterocycles. The molecule has 0 aliphatic heterocycles. The normalized spacial score (nSPS) is 12.6. The van der Waals surface area contributed by atoms with E-state index in [4.69, 9.17) is 0 Å². The Hall–Kier alpha value is -1.33. The number of fused-ring (bicyclic) bond motifs is 1. The van der Waals surface area contributed by atoms with E-state index >= 15 is 0 Å². The summed E-state index contributed by atoms with van der Waals surface area (Å²) in [5.41, 5.74) is 1.54. The molecule has 0 saturated heterocycles. The second-order valence-corrected chi connectivity index (χ2v) is 5.33. The standard InChI is InChI=1S/C14H17BrN2O2/c1-2-9(18)6-7-16-14(19)10-8-17-12-5-3-4-11(15)13(10)12/h3-5,8-9,17-18H,2,6-7H2,1H3,(H,16,19). The molecule has 2 rings (SSSR count). The van der Waals surface area contributed by atoms with Crippen molar-refractivity contribution in [3.63, 3.8) is 0 Å². The number of nitrogens with one attached hydrogen (secondary N) is 2. The van der Waals surface area contributed by atoms with Gasteiger partial charge in [-0.3, -0.25) is 4.79 Å². The van der Waals surface area contributed by atoms with Gasteiger partial charge in [-0.1, -0.05) is 28.9 Å². The van der Waals surface area contributed by atoms with E-state index in [0.717, 1.165) is 15.4 Å². The molecule has 4 nitrogen and oxygen atoms in total. The molecule has 0 fully saturated rings. The quantitative estimate of drug-likeness (QED) is 0.791. The third-order valence-electron chi connectivity index (χ3n) is 3.13. The van der Waals surface area contributed by atoms with E-state index < -0.39 is 0 Å². The summed E-state index contributed by atoms with van der Waals surface area (Å²) in [6.07, 6.45) is 2.64. The first kappa shape index (κ1) is 14.1. The molecule has 1 aromatic carbocycles. The van der Waals surface area contributed by atoms with Crippen LogP contribution in [0.25, 0.3) is 10.9 Å². The van der Waals surface area contributed by atoms with Crippen LogP contribution < -0.4 is 5.32 Å². The minimum atomic E-state index is -0.352. The monoisotopic (exact) mass is 324 g/mol. The predicted molar refractivity (Wildman–Crippen MR) is 79.2 cm³/mol. The molecule has 19 heavy (non-hydrogen) atoms. The summed E-state index contributed by atoms with van der Waals surface area (Å²) in [7, 11) is 0. The van der Waals surface area contributed by atoms with Crippen molar-refractivity contribution in [3.05, 3.63) is 34.4 Å². The van der Waals surface area contributed by atoms with Gasteiger partial charge in [0, 0.05) is 28.1 Å². The highest BCUT2D eigenvalue weighted by molar-refractivity contribution is 9.10. The summed E-state index contributed by atoms with van der Waals surface area (Å²) in [6.45, 7) is 2.40. The maximum atomic E-state index is 12.1. The minimum Gasteiger partial charge on any atom is -0.393 e. The van der Waals surface area contributed by atoms with Crippen molar-refractivity contribution in [1.29, 1.82) is 0 Å². The van der Waals surface area contributed by atoms with Crippen LogP contribution in [0.3, 0.4) is 0 Å². The van der Waals surface area contributed by atoms with Crippen LogP contribution in [0.1, 0.15) is 30.1 Å². The van der Waals surface area contributed by atoms with Crippen molar-refractivity contribution in [1.82, 2.24) is 10.3 Å². The number of aliphatic hydroxyl groups excluding tert-OH is 1. The van der Waals surface area contributed by atoms with E-state index in [1.54, 1.807) is 6.20 Å². The van der Waals surface area contributed by atoms with E-state index in [1.165, 1.54) is 0 Å². The zero-order chi connectivity index (χ0) is 13.8. The first-order valence-corrected chi connectivity index (χ1v) is 7.14. The molecule has 3 N–H and O–H groups in total. The van der Waals surface area contributed by atoms with Gasteiger partial charge >= 0.3 is 0 Å². The van der Waals surface area contributed by atoms with Gasteiger partial charge in [-0.2, -0.15) is 0 Å². The number of amides is 1.